The molecule has 3 nitrogen and oxygen atoms in total. The van der Waals surface area contributed by atoms with Crippen molar-refractivity contribution in [2.75, 3.05) is 18.6 Å². The molecule has 126 valence electrons. The second-order valence-corrected chi connectivity index (χ2v) is 7.42. The molecule has 1 atom stereocenters. The topological polar surface area (TPSA) is 24.5 Å². The Hall–Kier alpha value is -1.43. The summed E-state index contributed by atoms with van der Waals surface area (Å²) in [6.07, 6.45) is 4.05. The van der Waals surface area contributed by atoms with Gasteiger partial charge in [0.15, 0.2) is 0 Å². The van der Waals surface area contributed by atoms with Crippen molar-refractivity contribution in [1.29, 1.82) is 0 Å². The van der Waals surface area contributed by atoms with E-state index in [1.807, 2.05) is 12.1 Å². The van der Waals surface area contributed by atoms with E-state index in [0.717, 1.165) is 29.6 Å². The smallest absolute Gasteiger partial charge is 0.134 e. The number of para-hydroxylation sites is 1. The van der Waals surface area contributed by atoms with Gasteiger partial charge in [-0.15, -0.1) is 6.58 Å². The number of fused-ring (bicyclic) bond motifs is 1. The fourth-order valence-electron chi connectivity index (χ4n) is 2.80. The third kappa shape index (κ3) is 3.79. The molecule has 2 aromatic carbocycles. The fraction of sp³-hybridized carbons (Fsp3) is 0.263. The first-order valence-electron chi connectivity index (χ1n) is 7.96. The van der Waals surface area contributed by atoms with E-state index in [1.54, 1.807) is 19.1 Å². The second kappa shape index (κ2) is 8.10. The zero-order valence-corrected chi connectivity index (χ0v) is 16.1. The molecule has 1 N–H and O–H groups in total. The first-order chi connectivity index (χ1) is 11.7. The Kier molecular flexibility index (Phi) is 5.87. The van der Waals surface area contributed by atoms with Gasteiger partial charge in [0.05, 0.1) is 22.2 Å². The van der Waals surface area contributed by atoms with Crippen LogP contribution >= 0.6 is 27.9 Å². The molecule has 1 heterocycles. The van der Waals surface area contributed by atoms with Gasteiger partial charge in [0.25, 0.3) is 0 Å². The minimum absolute atomic E-state index is 0.380. The summed E-state index contributed by atoms with van der Waals surface area (Å²) in [5.74, 6) is 0.848. The molecular formula is C19H21BrN2OS. The van der Waals surface area contributed by atoms with Gasteiger partial charge in [0.2, 0.25) is 0 Å². The highest BCUT2D eigenvalue weighted by Gasteiger charge is 2.24. The average molecular weight is 405 g/mol. The summed E-state index contributed by atoms with van der Waals surface area (Å²) in [5, 5.41) is 0. The lowest BCUT2D eigenvalue weighted by molar-refractivity contribution is 0.411. The van der Waals surface area contributed by atoms with Crippen LogP contribution in [0.1, 0.15) is 12.8 Å². The van der Waals surface area contributed by atoms with Gasteiger partial charge < -0.3 is 9.64 Å². The third-order valence-corrected chi connectivity index (χ3v) is 5.67. The fourth-order valence-corrected chi connectivity index (χ4v) is 4.22. The molecule has 0 fully saturated rings. The molecule has 0 bridgehead atoms. The molecule has 0 spiro atoms. The van der Waals surface area contributed by atoms with Crippen LogP contribution in [-0.2, 0) is 0 Å². The molecule has 1 aliphatic heterocycles. The van der Waals surface area contributed by atoms with Crippen LogP contribution in [0.5, 0.6) is 5.75 Å². The quantitative estimate of drug-likeness (QED) is 0.521. The van der Waals surface area contributed by atoms with Crippen molar-refractivity contribution in [3.8, 4) is 5.75 Å². The van der Waals surface area contributed by atoms with E-state index >= 15 is 0 Å². The van der Waals surface area contributed by atoms with Crippen LogP contribution in [0, 0.1) is 0 Å². The van der Waals surface area contributed by atoms with Gasteiger partial charge in [-0.1, -0.05) is 24.3 Å². The van der Waals surface area contributed by atoms with Gasteiger partial charge in [-0.25, -0.2) is 0 Å². The summed E-state index contributed by atoms with van der Waals surface area (Å²) in [4.78, 5) is 3.54. The maximum Gasteiger partial charge on any atom is 0.134 e. The van der Waals surface area contributed by atoms with E-state index in [4.69, 9.17) is 4.74 Å². The molecular weight excluding hydrogens is 384 g/mol. The van der Waals surface area contributed by atoms with Gasteiger partial charge in [-0.2, -0.15) is 0 Å². The average Bonchev–Trinajstić information content (AvgIpc) is 2.79. The molecule has 24 heavy (non-hydrogen) atoms. The zero-order valence-electron chi connectivity index (χ0n) is 13.7. The van der Waals surface area contributed by atoms with Crippen molar-refractivity contribution in [3.05, 3.63) is 59.6 Å². The summed E-state index contributed by atoms with van der Waals surface area (Å²) < 4.78 is 10.0. The molecule has 3 rings (SSSR count). The minimum atomic E-state index is 0.380. The number of hydrogen-bond acceptors (Lipinski definition) is 4. The van der Waals surface area contributed by atoms with Crippen molar-refractivity contribution in [1.82, 2.24) is 4.72 Å². The van der Waals surface area contributed by atoms with Gasteiger partial charge in [-0.05, 0) is 65.0 Å². The Balaban J connectivity index is 2.02. The molecule has 5 heteroatoms. The Morgan fingerprint density at radius 2 is 2.17 bits per heavy atom. The Morgan fingerprint density at radius 1 is 1.38 bits per heavy atom. The van der Waals surface area contributed by atoms with Crippen molar-refractivity contribution >= 4 is 39.3 Å². The summed E-state index contributed by atoms with van der Waals surface area (Å²) in [6.45, 7) is 4.76. The predicted molar refractivity (Wildman–Crippen MR) is 106 cm³/mol. The lowest BCUT2D eigenvalue weighted by atomic mass is 10.1. The molecule has 0 aromatic heterocycles. The SMILES string of the molecule is C=CCCC1CN(c2ccccc2)c2cc(Br)c(OC)cc2SN1. The summed E-state index contributed by atoms with van der Waals surface area (Å²) in [6, 6.07) is 15.1. The third-order valence-electron chi connectivity index (χ3n) is 4.05. The predicted octanol–water partition coefficient (Wildman–Crippen LogP) is 5.54. The van der Waals surface area contributed by atoms with Crippen LogP contribution in [0.25, 0.3) is 0 Å². The first-order valence-corrected chi connectivity index (χ1v) is 9.57. The number of anilines is 2. The molecule has 1 aliphatic rings. The maximum atomic E-state index is 5.46. The van der Waals surface area contributed by atoms with Crippen molar-refractivity contribution in [3.63, 3.8) is 0 Å². The molecule has 0 amide bonds. The molecule has 0 radical (unpaired) electrons. The molecule has 0 saturated carbocycles. The van der Waals surface area contributed by atoms with Crippen LogP contribution < -0.4 is 14.4 Å². The van der Waals surface area contributed by atoms with E-state index in [2.05, 4.69) is 68.5 Å². The Morgan fingerprint density at radius 3 is 2.88 bits per heavy atom. The van der Waals surface area contributed by atoms with Crippen LogP contribution in [0.15, 0.2) is 64.5 Å². The Bertz CT molecular complexity index is 708. The number of hydrogen-bond donors (Lipinski definition) is 1. The van der Waals surface area contributed by atoms with Crippen LogP contribution in [0.2, 0.25) is 0 Å². The number of halogens is 1. The van der Waals surface area contributed by atoms with Gasteiger partial charge in [0.1, 0.15) is 5.75 Å². The molecule has 0 saturated heterocycles. The van der Waals surface area contributed by atoms with Gasteiger partial charge in [0, 0.05) is 18.3 Å². The minimum Gasteiger partial charge on any atom is -0.496 e. The van der Waals surface area contributed by atoms with Crippen molar-refractivity contribution < 1.29 is 4.74 Å². The lowest BCUT2D eigenvalue weighted by Crippen LogP contribution is -2.34. The summed E-state index contributed by atoms with van der Waals surface area (Å²) in [5.41, 5.74) is 2.39. The summed E-state index contributed by atoms with van der Waals surface area (Å²) >= 11 is 5.30. The van der Waals surface area contributed by atoms with E-state index in [9.17, 15) is 0 Å². The number of nitrogens with one attached hydrogen (secondary N) is 1. The number of ether oxygens (including phenoxy) is 1. The van der Waals surface area contributed by atoms with Crippen LogP contribution in [-0.4, -0.2) is 19.7 Å². The van der Waals surface area contributed by atoms with Crippen molar-refractivity contribution in [2.45, 2.75) is 23.8 Å². The molecule has 1 unspecified atom stereocenters. The zero-order chi connectivity index (χ0) is 16.9. The summed E-state index contributed by atoms with van der Waals surface area (Å²) in [7, 11) is 1.70. The monoisotopic (exact) mass is 404 g/mol. The number of benzene rings is 2. The first kappa shape index (κ1) is 17.4. The van der Waals surface area contributed by atoms with E-state index in [0.29, 0.717) is 6.04 Å². The van der Waals surface area contributed by atoms with Gasteiger partial charge >= 0.3 is 0 Å². The molecule has 2 aromatic rings. The highest BCUT2D eigenvalue weighted by molar-refractivity contribution is 9.10. The van der Waals surface area contributed by atoms with Crippen LogP contribution in [0.3, 0.4) is 0 Å². The maximum absolute atomic E-state index is 5.46. The van der Waals surface area contributed by atoms with Gasteiger partial charge in [-0.3, -0.25) is 4.72 Å². The number of rotatable bonds is 5. The highest BCUT2D eigenvalue weighted by atomic mass is 79.9. The van der Waals surface area contributed by atoms with E-state index < -0.39 is 0 Å². The second-order valence-electron chi connectivity index (χ2n) is 5.68. The largest absolute Gasteiger partial charge is 0.496 e. The number of allylic oxidation sites excluding steroid dienone is 1. The van der Waals surface area contributed by atoms with E-state index in [1.165, 1.54) is 16.3 Å². The lowest BCUT2D eigenvalue weighted by Gasteiger charge is -2.27. The highest BCUT2D eigenvalue weighted by Crippen LogP contribution is 2.42. The number of methoxy groups -OCH3 is 1. The van der Waals surface area contributed by atoms with Crippen LogP contribution in [0.4, 0.5) is 11.4 Å². The normalized spacial score (nSPS) is 17.1. The standard InChI is InChI=1S/C19H21BrN2OS/c1-3-4-8-14-13-22(15-9-6-5-7-10-15)17-11-16(20)18(23-2)12-19(17)24-21-14/h3,5-7,9-12,14,21H,1,4,8,13H2,2H3. The Labute approximate surface area is 156 Å². The number of nitrogens with zero attached hydrogens (tertiary/aromatic N) is 1. The van der Waals surface area contributed by atoms with E-state index in [-0.39, 0.29) is 0 Å². The molecule has 0 aliphatic carbocycles. The van der Waals surface area contributed by atoms with Crippen molar-refractivity contribution in [2.24, 2.45) is 0 Å².